The predicted octanol–water partition coefficient (Wildman–Crippen LogP) is 10.4. The van der Waals surface area contributed by atoms with Gasteiger partial charge in [-0.2, -0.15) is 10.5 Å². The summed E-state index contributed by atoms with van der Waals surface area (Å²) in [6, 6.07) is 31.0. The van der Waals surface area contributed by atoms with E-state index in [9.17, 15) is 20.1 Å². The van der Waals surface area contributed by atoms with Crippen LogP contribution in [0.5, 0.6) is 0 Å². The second-order valence-corrected chi connectivity index (χ2v) is 21.4. The summed E-state index contributed by atoms with van der Waals surface area (Å²) in [5.74, 6) is 0.917. The smallest absolute Gasteiger partial charge is 0.452 e. The lowest BCUT2D eigenvalue weighted by atomic mass is 9.78. The van der Waals surface area contributed by atoms with Crippen molar-refractivity contribution < 1.29 is 37.2 Å². The number of furan rings is 2. The highest BCUT2D eigenvalue weighted by molar-refractivity contribution is 6.62. The van der Waals surface area contributed by atoms with Crippen LogP contribution in [0, 0.1) is 22.7 Å². The average Bonchev–Trinajstić information content (AvgIpc) is 4.22. The molecule has 8 aromatic rings. The van der Waals surface area contributed by atoms with Crippen LogP contribution in [0.25, 0.3) is 56.2 Å². The molecule has 2 aromatic carbocycles. The van der Waals surface area contributed by atoms with E-state index in [4.69, 9.17) is 39.2 Å². The molecule has 3 aliphatic rings. The molecule has 2 amide bonds. The monoisotopic (exact) mass is 1100 g/mol. The van der Waals surface area contributed by atoms with Gasteiger partial charge in [-0.3, -0.25) is 29.5 Å². The molecule has 3 fully saturated rings. The van der Waals surface area contributed by atoms with Gasteiger partial charge in [0.1, 0.15) is 34.6 Å². The van der Waals surface area contributed by atoms with Crippen LogP contribution in [0.15, 0.2) is 119 Å². The molecule has 0 bridgehead atoms. The summed E-state index contributed by atoms with van der Waals surface area (Å²) in [6.07, 6.45) is 10.2. The Balaban J connectivity index is 0.000000151. The Morgan fingerprint density at radius 2 is 1.09 bits per heavy atom. The third-order valence-corrected chi connectivity index (χ3v) is 14.7. The van der Waals surface area contributed by atoms with Crippen molar-refractivity contribution in [3.8, 4) is 46.2 Å². The van der Waals surface area contributed by atoms with Crippen molar-refractivity contribution in [3.05, 3.63) is 137 Å². The number of halogens is 1. The van der Waals surface area contributed by atoms with Crippen LogP contribution >= 0.6 is 11.6 Å². The van der Waals surface area contributed by atoms with Crippen molar-refractivity contribution in [3.63, 3.8) is 0 Å². The quantitative estimate of drug-likeness (QED) is 0.121. The van der Waals surface area contributed by atoms with Crippen LogP contribution in [0.2, 0.25) is 5.02 Å². The summed E-state index contributed by atoms with van der Waals surface area (Å²) in [7, 11) is 6.35. The zero-order valence-electron chi connectivity index (χ0n) is 46.0. The molecule has 0 spiro atoms. The number of nitriles is 2. The van der Waals surface area contributed by atoms with E-state index in [0.717, 1.165) is 80.1 Å². The molecule has 0 saturated carbocycles. The SMILES string of the molecule is CC1(C)OB(c2ccc(NC3CCOCC3)c(C#N)c2)OC1(C)C.CN(C)C(=O)c1ccc(-c2cc3nccc(-c4ccc(NC5CCOCC5)c(C#N)c4)c3o2)nc1.CN(C)C(=O)c1ccc(-c2cc3nccc(Cl)c3o2)nc1. The molecular weight excluding hydrogens is 1030 g/mol. The number of benzene rings is 2. The van der Waals surface area contributed by atoms with Gasteiger partial charge in [-0.15, -0.1) is 0 Å². The van der Waals surface area contributed by atoms with Gasteiger partial charge in [0.15, 0.2) is 22.7 Å². The summed E-state index contributed by atoms with van der Waals surface area (Å²) < 4.78 is 34.8. The van der Waals surface area contributed by atoms with E-state index in [1.165, 1.54) is 16.0 Å². The highest BCUT2D eigenvalue weighted by Crippen LogP contribution is 2.38. The number of hydrogen-bond donors (Lipinski definition) is 2. The van der Waals surface area contributed by atoms with E-state index in [-0.39, 0.29) is 23.0 Å². The fraction of sp³-hybridized carbons (Fsp3) is 0.333. The Kier molecular flexibility index (Phi) is 17.3. The molecule has 20 heteroatoms. The summed E-state index contributed by atoms with van der Waals surface area (Å²) in [6.45, 7) is 11.1. The fourth-order valence-corrected chi connectivity index (χ4v) is 9.33. The predicted molar refractivity (Wildman–Crippen MR) is 307 cm³/mol. The first-order valence-electron chi connectivity index (χ1n) is 26.3. The van der Waals surface area contributed by atoms with Crippen molar-refractivity contribution in [2.24, 2.45) is 0 Å². The Hall–Kier alpha value is -8.17. The zero-order valence-corrected chi connectivity index (χ0v) is 46.8. The maximum atomic E-state index is 12.1. The summed E-state index contributed by atoms with van der Waals surface area (Å²) in [4.78, 5) is 44.3. The van der Waals surface area contributed by atoms with Gasteiger partial charge in [0, 0.05) is 109 Å². The average molecular weight is 1100 g/mol. The number of fused-ring (bicyclic) bond motifs is 2. The molecular formula is C60H62BClN10O8. The molecule has 0 aliphatic carbocycles. The number of carbonyl (C=O) groups excluding carboxylic acids is 2. The van der Waals surface area contributed by atoms with Gasteiger partial charge in [0.2, 0.25) is 0 Å². The number of carbonyl (C=O) groups is 2. The molecule has 0 atom stereocenters. The molecule has 11 rings (SSSR count). The number of rotatable bonds is 10. The van der Waals surface area contributed by atoms with Crippen molar-refractivity contribution in [1.29, 1.82) is 10.5 Å². The van der Waals surface area contributed by atoms with E-state index in [1.807, 2.05) is 76.2 Å². The van der Waals surface area contributed by atoms with E-state index < -0.39 is 7.12 Å². The van der Waals surface area contributed by atoms with Gasteiger partial charge in [0.05, 0.1) is 49.9 Å². The van der Waals surface area contributed by atoms with Crippen molar-refractivity contribution >= 4 is 69.6 Å². The minimum atomic E-state index is -0.445. The lowest BCUT2D eigenvalue weighted by Crippen LogP contribution is -2.41. The zero-order chi connectivity index (χ0) is 56.7. The third kappa shape index (κ3) is 12.8. The number of anilines is 2. The van der Waals surface area contributed by atoms with Crippen LogP contribution in [0.3, 0.4) is 0 Å². The number of amides is 2. The first-order chi connectivity index (χ1) is 38.4. The maximum absolute atomic E-state index is 12.1. The van der Waals surface area contributed by atoms with Gasteiger partial charge in [-0.05, 0) is 125 Å². The molecule has 18 nitrogen and oxygen atoms in total. The largest absolute Gasteiger partial charge is 0.494 e. The van der Waals surface area contributed by atoms with Crippen LogP contribution in [-0.2, 0) is 18.8 Å². The number of nitrogens with zero attached hydrogens (tertiary/aromatic N) is 8. The van der Waals surface area contributed by atoms with Gasteiger partial charge < -0.3 is 48.1 Å². The summed E-state index contributed by atoms with van der Waals surface area (Å²) in [5, 5.41) is 26.8. The molecule has 9 heterocycles. The standard InChI is InChI=1S/C27H25N5O3.C18H25BN2O3.C15H12ClN3O2/c1-32(2)27(33)18-4-6-23(30-16-18)25-14-24-26(35-25)21(7-10-29-24)17-3-5-22(19(13-17)15-28)31-20-8-11-34-12-9-20;1-17(2)18(3,4)24-19(23-17)14-5-6-16(13(11-14)12-20)21-15-7-9-22-10-8-15;1-19(2)15(20)9-3-4-11(18-8-9)13-7-12-14(21-13)10(16)5-6-17-12/h3-7,10,13-14,16,20,31H,8-9,11-12H2,1-2H3;5-6,11,15,21H,7-10H2,1-4H3;3-8H,1-2H3. The summed E-state index contributed by atoms with van der Waals surface area (Å²) in [5.41, 5.74) is 9.48. The first kappa shape index (κ1) is 56.6. The van der Waals surface area contributed by atoms with E-state index in [2.05, 4.69) is 42.7 Å². The molecule has 410 valence electrons. The highest BCUT2D eigenvalue weighted by atomic mass is 35.5. The number of aromatic nitrogens is 4. The van der Waals surface area contributed by atoms with Crippen LogP contribution in [0.1, 0.15) is 85.2 Å². The normalized spacial score (nSPS) is 15.9. The van der Waals surface area contributed by atoms with Gasteiger partial charge in [0.25, 0.3) is 11.8 Å². The second kappa shape index (κ2) is 24.5. The van der Waals surface area contributed by atoms with E-state index >= 15 is 0 Å². The van der Waals surface area contributed by atoms with Crippen LogP contribution in [0.4, 0.5) is 11.4 Å². The van der Waals surface area contributed by atoms with Crippen LogP contribution in [-0.4, -0.2) is 127 Å². The first-order valence-corrected chi connectivity index (χ1v) is 26.7. The molecule has 0 unspecified atom stereocenters. The molecule has 2 N–H and O–H groups in total. The van der Waals surface area contributed by atoms with Crippen LogP contribution < -0.4 is 16.1 Å². The van der Waals surface area contributed by atoms with Crippen molar-refractivity contribution in [2.45, 2.75) is 76.7 Å². The molecule has 6 aromatic heterocycles. The number of pyridine rings is 4. The maximum Gasteiger partial charge on any atom is 0.494 e. The molecule has 80 heavy (non-hydrogen) atoms. The minimum absolute atomic E-state index is 0.0941. The molecule has 3 aliphatic heterocycles. The lowest BCUT2D eigenvalue weighted by Gasteiger charge is -2.32. The number of ether oxygens (including phenoxy) is 2. The van der Waals surface area contributed by atoms with Gasteiger partial charge >= 0.3 is 7.12 Å². The third-order valence-electron chi connectivity index (χ3n) is 14.4. The minimum Gasteiger partial charge on any atom is -0.452 e. The Bertz CT molecular complexity index is 3580. The Morgan fingerprint density at radius 1 is 0.613 bits per heavy atom. The number of nitrogens with one attached hydrogen (secondary N) is 2. The van der Waals surface area contributed by atoms with E-state index in [0.29, 0.717) is 84.5 Å². The molecule has 0 radical (unpaired) electrons. The Labute approximate surface area is 470 Å². The summed E-state index contributed by atoms with van der Waals surface area (Å²) >= 11 is 6.06. The lowest BCUT2D eigenvalue weighted by molar-refractivity contribution is 0.00578. The second-order valence-electron chi connectivity index (χ2n) is 21.0. The fourth-order valence-electron chi connectivity index (χ4n) is 9.13. The van der Waals surface area contributed by atoms with Crippen molar-refractivity contribution in [2.75, 3.05) is 65.3 Å². The Morgan fingerprint density at radius 3 is 1.56 bits per heavy atom. The number of hydrogen-bond acceptors (Lipinski definition) is 16. The highest BCUT2D eigenvalue weighted by Gasteiger charge is 2.51. The van der Waals surface area contributed by atoms with Gasteiger partial charge in [-0.25, -0.2) is 0 Å². The van der Waals surface area contributed by atoms with Gasteiger partial charge in [-0.1, -0.05) is 23.7 Å². The topological polar surface area (TPSA) is 227 Å². The van der Waals surface area contributed by atoms with Crippen molar-refractivity contribution in [1.82, 2.24) is 29.7 Å². The molecule has 3 saturated heterocycles. The van der Waals surface area contributed by atoms with E-state index in [1.54, 1.807) is 83.2 Å².